The minimum absolute atomic E-state index is 0.129. The molecule has 1 saturated heterocycles. The van der Waals surface area contributed by atoms with E-state index in [2.05, 4.69) is 4.72 Å². The molecule has 0 amide bonds. The molecule has 1 heterocycles. The van der Waals surface area contributed by atoms with Crippen LogP contribution >= 0.6 is 0 Å². The van der Waals surface area contributed by atoms with Crippen molar-refractivity contribution in [1.82, 2.24) is 4.72 Å². The van der Waals surface area contributed by atoms with Gasteiger partial charge in [0.25, 0.3) is 0 Å². The SMILES string of the molecule is Nc1ccc(CS(=O)(=O)NC2(CO)CCOCC2)cc1. The van der Waals surface area contributed by atoms with Gasteiger partial charge in [-0.25, -0.2) is 13.1 Å². The van der Waals surface area contributed by atoms with Gasteiger partial charge in [-0.1, -0.05) is 12.1 Å². The van der Waals surface area contributed by atoms with Crippen molar-refractivity contribution in [3.05, 3.63) is 29.8 Å². The number of hydrogen-bond donors (Lipinski definition) is 3. The van der Waals surface area contributed by atoms with Crippen molar-refractivity contribution in [2.75, 3.05) is 25.6 Å². The lowest BCUT2D eigenvalue weighted by Crippen LogP contribution is -2.54. The fraction of sp³-hybridized carbons (Fsp3) is 0.538. The first-order valence-corrected chi connectivity index (χ1v) is 8.15. The highest BCUT2D eigenvalue weighted by Gasteiger charge is 2.35. The topological polar surface area (TPSA) is 102 Å². The molecule has 6 nitrogen and oxygen atoms in total. The number of rotatable bonds is 5. The second-order valence-electron chi connectivity index (χ2n) is 5.15. The number of benzene rings is 1. The van der Waals surface area contributed by atoms with Crippen LogP contribution in [-0.4, -0.2) is 38.9 Å². The van der Waals surface area contributed by atoms with E-state index in [4.69, 9.17) is 10.5 Å². The van der Waals surface area contributed by atoms with Crippen LogP contribution in [0.25, 0.3) is 0 Å². The smallest absolute Gasteiger partial charge is 0.216 e. The molecule has 1 aromatic carbocycles. The van der Waals surface area contributed by atoms with Crippen LogP contribution < -0.4 is 10.5 Å². The molecule has 0 atom stereocenters. The van der Waals surface area contributed by atoms with E-state index in [9.17, 15) is 13.5 Å². The van der Waals surface area contributed by atoms with Gasteiger partial charge in [-0.3, -0.25) is 0 Å². The summed E-state index contributed by atoms with van der Waals surface area (Å²) in [6.07, 6.45) is 0.953. The highest BCUT2D eigenvalue weighted by atomic mass is 32.2. The van der Waals surface area contributed by atoms with E-state index >= 15 is 0 Å². The maximum absolute atomic E-state index is 12.2. The molecule has 1 aliphatic rings. The third-order valence-electron chi connectivity index (χ3n) is 3.46. The minimum atomic E-state index is -3.52. The molecular weight excluding hydrogens is 280 g/mol. The van der Waals surface area contributed by atoms with Crippen molar-refractivity contribution < 1.29 is 18.3 Å². The normalized spacial score (nSPS) is 18.9. The highest BCUT2D eigenvalue weighted by Crippen LogP contribution is 2.22. The average Bonchev–Trinajstić information content (AvgIpc) is 2.41. The predicted octanol–water partition coefficient (Wildman–Crippen LogP) is 0.230. The van der Waals surface area contributed by atoms with Gasteiger partial charge in [0.1, 0.15) is 0 Å². The molecule has 0 spiro atoms. The first-order valence-electron chi connectivity index (χ1n) is 6.49. The Morgan fingerprint density at radius 3 is 2.40 bits per heavy atom. The van der Waals surface area contributed by atoms with Crippen LogP contribution in [0.3, 0.4) is 0 Å². The van der Waals surface area contributed by atoms with Crippen molar-refractivity contribution >= 4 is 15.7 Å². The quantitative estimate of drug-likeness (QED) is 0.676. The van der Waals surface area contributed by atoms with Crippen molar-refractivity contribution in [3.8, 4) is 0 Å². The molecule has 112 valence electrons. The summed E-state index contributed by atoms with van der Waals surface area (Å²) in [6.45, 7) is 0.674. The summed E-state index contributed by atoms with van der Waals surface area (Å²) in [4.78, 5) is 0. The van der Waals surface area contributed by atoms with E-state index in [0.29, 0.717) is 37.3 Å². The van der Waals surface area contributed by atoms with E-state index in [0.717, 1.165) is 0 Å². The molecule has 4 N–H and O–H groups in total. The van der Waals surface area contributed by atoms with Gasteiger partial charge in [0.15, 0.2) is 0 Å². The first kappa shape index (κ1) is 15.2. The summed E-state index contributed by atoms with van der Waals surface area (Å²) < 4.78 is 32.3. The van der Waals surface area contributed by atoms with E-state index < -0.39 is 15.6 Å². The zero-order valence-electron chi connectivity index (χ0n) is 11.2. The van der Waals surface area contributed by atoms with Crippen LogP contribution in [0.2, 0.25) is 0 Å². The molecule has 0 unspecified atom stereocenters. The first-order chi connectivity index (χ1) is 9.45. The number of nitrogens with one attached hydrogen (secondary N) is 1. The van der Waals surface area contributed by atoms with E-state index in [1.54, 1.807) is 24.3 Å². The summed E-state index contributed by atoms with van der Waals surface area (Å²) in [7, 11) is -3.52. The van der Waals surface area contributed by atoms with Crippen LogP contribution in [-0.2, 0) is 20.5 Å². The Morgan fingerprint density at radius 1 is 1.25 bits per heavy atom. The third kappa shape index (κ3) is 3.92. The van der Waals surface area contributed by atoms with Crippen LogP contribution in [0, 0.1) is 0 Å². The second kappa shape index (κ2) is 6.09. The lowest BCUT2D eigenvalue weighted by Gasteiger charge is -2.35. The number of anilines is 1. The molecule has 0 aliphatic carbocycles. The summed E-state index contributed by atoms with van der Waals surface area (Å²) >= 11 is 0. The van der Waals surface area contributed by atoms with Crippen molar-refractivity contribution in [2.24, 2.45) is 0 Å². The third-order valence-corrected chi connectivity index (χ3v) is 4.92. The Bertz CT molecular complexity index is 536. The second-order valence-corrected chi connectivity index (χ2v) is 6.88. The van der Waals surface area contributed by atoms with Crippen molar-refractivity contribution in [2.45, 2.75) is 24.1 Å². The van der Waals surface area contributed by atoms with Crippen molar-refractivity contribution in [1.29, 1.82) is 0 Å². The molecule has 7 heteroatoms. The fourth-order valence-corrected chi connectivity index (χ4v) is 3.89. The maximum Gasteiger partial charge on any atom is 0.216 e. The summed E-state index contributed by atoms with van der Waals surface area (Å²) in [6, 6.07) is 6.70. The van der Waals surface area contributed by atoms with Gasteiger partial charge in [-0.15, -0.1) is 0 Å². The molecule has 2 rings (SSSR count). The van der Waals surface area contributed by atoms with Crippen LogP contribution in [0.5, 0.6) is 0 Å². The van der Waals surface area contributed by atoms with Gasteiger partial charge in [0, 0.05) is 18.9 Å². The van der Waals surface area contributed by atoms with Gasteiger partial charge >= 0.3 is 0 Å². The number of aliphatic hydroxyl groups excluding tert-OH is 1. The lowest BCUT2D eigenvalue weighted by molar-refractivity contribution is 0.0222. The van der Waals surface area contributed by atoms with Crippen LogP contribution in [0.4, 0.5) is 5.69 Å². The Labute approximate surface area is 119 Å². The number of ether oxygens (including phenoxy) is 1. The molecule has 1 aliphatic heterocycles. The number of hydrogen-bond acceptors (Lipinski definition) is 5. The average molecular weight is 300 g/mol. The van der Waals surface area contributed by atoms with Gasteiger partial charge in [-0.05, 0) is 30.5 Å². The Hall–Kier alpha value is -1.15. The molecular formula is C13H20N2O4S. The molecule has 0 radical (unpaired) electrons. The maximum atomic E-state index is 12.2. The zero-order chi connectivity index (χ0) is 14.6. The molecule has 0 bridgehead atoms. The van der Waals surface area contributed by atoms with E-state index in [1.165, 1.54) is 0 Å². The minimum Gasteiger partial charge on any atom is -0.399 e. The fourth-order valence-electron chi connectivity index (χ4n) is 2.25. The predicted molar refractivity (Wildman–Crippen MR) is 76.5 cm³/mol. The Morgan fingerprint density at radius 2 is 1.85 bits per heavy atom. The number of sulfonamides is 1. The van der Waals surface area contributed by atoms with E-state index in [1.807, 2.05) is 0 Å². The molecule has 0 saturated carbocycles. The van der Waals surface area contributed by atoms with Gasteiger partial charge in [0.2, 0.25) is 10.0 Å². The summed E-state index contributed by atoms with van der Waals surface area (Å²) in [5.41, 5.74) is 6.02. The van der Waals surface area contributed by atoms with Gasteiger partial charge in [0.05, 0.1) is 17.9 Å². The van der Waals surface area contributed by atoms with E-state index in [-0.39, 0.29) is 12.4 Å². The summed E-state index contributed by atoms with van der Waals surface area (Å²) in [5.74, 6) is -0.129. The number of nitrogen functional groups attached to an aromatic ring is 1. The molecule has 20 heavy (non-hydrogen) atoms. The summed E-state index contributed by atoms with van der Waals surface area (Å²) in [5, 5.41) is 9.51. The Kier molecular flexibility index (Phi) is 4.64. The molecule has 0 aromatic heterocycles. The zero-order valence-corrected chi connectivity index (χ0v) is 12.0. The van der Waals surface area contributed by atoms with Gasteiger partial charge in [-0.2, -0.15) is 0 Å². The van der Waals surface area contributed by atoms with Crippen LogP contribution in [0.15, 0.2) is 24.3 Å². The van der Waals surface area contributed by atoms with Crippen molar-refractivity contribution in [3.63, 3.8) is 0 Å². The number of nitrogens with two attached hydrogens (primary N) is 1. The molecule has 1 fully saturated rings. The lowest BCUT2D eigenvalue weighted by atomic mass is 9.93. The highest BCUT2D eigenvalue weighted by molar-refractivity contribution is 7.88. The Balaban J connectivity index is 2.08. The van der Waals surface area contributed by atoms with Crippen LogP contribution in [0.1, 0.15) is 18.4 Å². The monoisotopic (exact) mass is 300 g/mol. The molecule has 1 aromatic rings. The van der Waals surface area contributed by atoms with Gasteiger partial charge < -0.3 is 15.6 Å². The standard InChI is InChI=1S/C13H20N2O4S/c14-12-3-1-11(2-4-12)9-20(17,18)15-13(10-16)5-7-19-8-6-13/h1-4,15-16H,5-10,14H2. The number of aliphatic hydroxyl groups is 1. The largest absolute Gasteiger partial charge is 0.399 e.